The third-order valence-electron chi connectivity index (χ3n) is 10.7. The van der Waals surface area contributed by atoms with Gasteiger partial charge in [0, 0.05) is 48.1 Å². The summed E-state index contributed by atoms with van der Waals surface area (Å²) in [6.07, 6.45) is 13.7. The standard InChI is InChI=1S/C19H26BrN3O3.C19H24BrN3O2/c1-26-14-8-6-13(7-9-14)21-15-10-5-12(20)11-17(15)23-19(25)16-3-2-4-18(24)22-16;1-25-14-8-6-13(7-9-14)23-17-10-5-12(20)11-16(17)22-19(23)15-3-2-4-18(24)21-15/h5,10-11,13-14,16,21H,2-4,6-9H2,1H3,(H,22,24)(H,23,25);5,10-11,13-15H,2-4,6-9H2,1H3,(H,21,24)/t13?,14?,16-;13?,14?,15-/m00/s1. The Balaban J connectivity index is 0.000000176. The fourth-order valence-electron chi connectivity index (χ4n) is 7.89. The third-order valence-corrected chi connectivity index (χ3v) is 11.7. The molecule has 2 aliphatic carbocycles. The van der Waals surface area contributed by atoms with E-state index >= 15 is 0 Å². The molecule has 13 heteroatoms. The van der Waals surface area contributed by atoms with Crippen molar-refractivity contribution < 1.29 is 23.9 Å². The Hall–Kier alpha value is -3.00. The topological polar surface area (TPSA) is 136 Å². The number of nitrogens with one attached hydrogen (secondary N) is 4. The fourth-order valence-corrected chi connectivity index (χ4v) is 8.60. The van der Waals surface area contributed by atoms with Crippen molar-refractivity contribution in [3.05, 3.63) is 51.2 Å². The number of piperidine rings is 2. The number of carbonyl (C=O) groups excluding carboxylic acids is 3. The van der Waals surface area contributed by atoms with Crippen molar-refractivity contribution in [1.29, 1.82) is 0 Å². The van der Waals surface area contributed by atoms with Crippen molar-refractivity contribution in [3.63, 3.8) is 0 Å². The summed E-state index contributed by atoms with van der Waals surface area (Å²) in [7, 11) is 3.57. The molecule has 11 nitrogen and oxygen atoms in total. The van der Waals surface area contributed by atoms with Crippen molar-refractivity contribution in [2.24, 2.45) is 0 Å². The molecule has 4 aliphatic rings. The lowest BCUT2D eigenvalue weighted by Crippen LogP contribution is -2.46. The number of fused-ring (bicyclic) bond motifs is 1. The molecule has 0 radical (unpaired) electrons. The van der Waals surface area contributed by atoms with Gasteiger partial charge < -0.3 is 35.3 Å². The molecule has 0 bridgehead atoms. The first-order valence-corrected chi connectivity index (χ1v) is 20.0. The molecule has 2 aromatic carbocycles. The number of hydrogen-bond acceptors (Lipinski definition) is 7. The van der Waals surface area contributed by atoms with Gasteiger partial charge in [-0.2, -0.15) is 0 Å². The van der Waals surface area contributed by atoms with Crippen molar-refractivity contribution in [1.82, 2.24) is 20.2 Å². The Morgan fingerprint density at radius 1 is 0.784 bits per heavy atom. The number of anilines is 2. The van der Waals surface area contributed by atoms with E-state index in [4.69, 9.17) is 14.5 Å². The monoisotopic (exact) mass is 828 g/mol. The first kappa shape index (κ1) is 37.7. The number of amides is 3. The minimum atomic E-state index is -0.458. The van der Waals surface area contributed by atoms with Gasteiger partial charge in [-0.3, -0.25) is 14.4 Å². The predicted molar refractivity (Wildman–Crippen MR) is 206 cm³/mol. The average molecular weight is 831 g/mol. The highest BCUT2D eigenvalue weighted by Gasteiger charge is 2.31. The zero-order valence-corrected chi connectivity index (χ0v) is 32.7. The lowest BCUT2D eigenvalue weighted by Gasteiger charge is -2.32. The molecule has 7 rings (SSSR count). The maximum Gasteiger partial charge on any atom is 0.247 e. The van der Waals surface area contributed by atoms with Crippen molar-refractivity contribution in [2.75, 3.05) is 24.9 Å². The highest BCUT2D eigenvalue weighted by atomic mass is 79.9. The molecule has 4 N–H and O–H groups in total. The van der Waals surface area contributed by atoms with Crippen LogP contribution in [0.2, 0.25) is 0 Å². The lowest BCUT2D eigenvalue weighted by atomic mass is 9.92. The highest BCUT2D eigenvalue weighted by Crippen LogP contribution is 2.37. The van der Waals surface area contributed by atoms with E-state index in [1.54, 1.807) is 14.2 Å². The smallest absolute Gasteiger partial charge is 0.247 e. The van der Waals surface area contributed by atoms with Crippen LogP contribution in [0.5, 0.6) is 0 Å². The van der Waals surface area contributed by atoms with Crippen molar-refractivity contribution >= 4 is 72.0 Å². The third kappa shape index (κ3) is 9.71. The molecule has 3 amide bonds. The van der Waals surface area contributed by atoms with Gasteiger partial charge in [0.15, 0.2) is 0 Å². The van der Waals surface area contributed by atoms with Crippen LogP contribution in [0.25, 0.3) is 11.0 Å². The van der Waals surface area contributed by atoms with E-state index < -0.39 is 6.04 Å². The Kier molecular flexibility index (Phi) is 13.1. The first-order chi connectivity index (χ1) is 24.7. The van der Waals surface area contributed by atoms with E-state index in [9.17, 15) is 14.4 Å². The first-order valence-electron chi connectivity index (χ1n) is 18.4. The van der Waals surface area contributed by atoms with Crippen LogP contribution in [0.4, 0.5) is 11.4 Å². The number of rotatable bonds is 8. The zero-order chi connectivity index (χ0) is 35.9. The van der Waals surface area contributed by atoms with Gasteiger partial charge in [-0.1, -0.05) is 31.9 Å². The highest BCUT2D eigenvalue weighted by molar-refractivity contribution is 9.10. The second-order valence-electron chi connectivity index (χ2n) is 14.2. The van der Waals surface area contributed by atoms with Gasteiger partial charge in [0.05, 0.1) is 40.7 Å². The summed E-state index contributed by atoms with van der Waals surface area (Å²) in [5.74, 6) is 0.933. The number of benzene rings is 2. The van der Waals surface area contributed by atoms with E-state index in [0.29, 0.717) is 43.6 Å². The van der Waals surface area contributed by atoms with Gasteiger partial charge in [-0.05, 0) is 113 Å². The number of carbonyl (C=O) groups is 3. The molecule has 0 spiro atoms. The van der Waals surface area contributed by atoms with Gasteiger partial charge >= 0.3 is 0 Å². The molecule has 2 saturated carbocycles. The fraction of sp³-hybridized carbons (Fsp3) is 0.579. The summed E-state index contributed by atoms with van der Waals surface area (Å²) in [4.78, 5) is 41.0. The quantitative estimate of drug-likeness (QED) is 0.183. The van der Waals surface area contributed by atoms with E-state index in [2.05, 4.69) is 75.9 Å². The van der Waals surface area contributed by atoms with Crippen LogP contribution in [0.1, 0.15) is 108 Å². The van der Waals surface area contributed by atoms with Gasteiger partial charge in [0.1, 0.15) is 11.9 Å². The molecule has 0 unspecified atom stereocenters. The van der Waals surface area contributed by atoms with Crippen LogP contribution in [0.3, 0.4) is 0 Å². The van der Waals surface area contributed by atoms with Gasteiger partial charge in [-0.25, -0.2) is 4.98 Å². The number of aromatic nitrogens is 2. The largest absolute Gasteiger partial charge is 0.381 e. The summed E-state index contributed by atoms with van der Waals surface area (Å²) < 4.78 is 15.3. The average Bonchev–Trinajstić information content (AvgIpc) is 3.52. The van der Waals surface area contributed by atoms with Crippen LogP contribution in [-0.4, -0.2) is 65.8 Å². The number of nitrogens with zero attached hydrogens (tertiary/aromatic N) is 2. The van der Waals surface area contributed by atoms with Crippen molar-refractivity contribution in [3.8, 4) is 0 Å². The Labute approximate surface area is 317 Å². The second kappa shape index (κ2) is 17.7. The molecule has 1 aromatic heterocycles. The normalized spacial score (nSPS) is 26.7. The van der Waals surface area contributed by atoms with E-state index in [0.717, 1.165) is 102 Å². The van der Waals surface area contributed by atoms with Gasteiger partial charge in [0.2, 0.25) is 17.7 Å². The van der Waals surface area contributed by atoms with Crippen LogP contribution in [-0.2, 0) is 23.9 Å². The number of methoxy groups -OCH3 is 2. The lowest BCUT2D eigenvalue weighted by molar-refractivity contribution is -0.128. The van der Waals surface area contributed by atoms with E-state index in [1.165, 1.54) is 5.52 Å². The van der Waals surface area contributed by atoms with Crippen LogP contribution in [0.15, 0.2) is 45.3 Å². The van der Waals surface area contributed by atoms with Gasteiger partial charge in [0.25, 0.3) is 0 Å². The van der Waals surface area contributed by atoms with Crippen molar-refractivity contribution in [2.45, 2.75) is 126 Å². The van der Waals surface area contributed by atoms with Gasteiger partial charge in [-0.15, -0.1) is 0 Å². The Morgan fingerprint density at radius 3 is 2.08 bits per heavy atom. The summed E-state index contributed by atoms with van der Waals surface area (Å²) in [6, 6.07) is 12.5. The number of halogens is 2. The number of hydrogen-bond donors (Lipinski definition) is 4. The number of imidazole rings is 1. The van der Waals surface area contributed by atoms with E-state index in [-0.39, 0.29) is 23.8 Å². The molecule has 51 heavy (non-hydrogen) atoms. The SMILES string of the molecule is COC1CCC(Nc2ccc(Br)cc2NC(=O)[C@@H]2CCCC(=O)N2)CC1.COC1CCC(n2c([C@@H]3CCCC(=O)N3)nc3cc(Br)ccc32)CC1. The van der Waals surface area contributed by atoms with Crippen LogP contribution >= 0.6 is 31.9 Å². The molecular formula is C38H50Br2N6O5. The summed E-state index contributed by atoms with van der Waals surface area (Å²) in [6.45, 7) is 0. The van der Waals surface area contributed by atoms with Crippen LogP contribution < -0.4 is 21.3 Å². The molecule has 2 aliphatic heterocycles. The molecule has 4 fully saturated rings. The summed E-state index contributed by atoms with van der Waals surface area (Å²) in [5, 5.41) is 12.5. The molecule has 2 saturated heterocycles. The zero-order valence-electron chi connectivity index (χ0n) is 29.5. The minimum absolute atomic E-state index is 0.0209. The molecule has 3 heterocycles. The Bertz CT molecular complexity index is 1680. The number of ether oxygens (including phenoxy) is 2. The van der Waals surface area contributed by atoms with E-state index in [1.807, 2.05) is 18.2 Å². The predicted octanol–water partition coefficient (Wildman–Crippen LogP) is 7.70. The molecular weight excluding hydrogens is 780 g/mol. The molecule has 2 atom stereocenters. The second-order valence-corrected chi connectivity index (χ2v) is 16.0. The summed E-state index contributed by atoms with van der Waals surface area (Å²) in [5.41, 5.74) is 3.81. The van der Waals surface area contributed by atoms with Crippen LogP contribution in [0, 0.1) is 0 Å². The maximum absolute atomic E-state index is 12.6. The minimum Gasteiger partial charge on any atom is -0.381 e. The maximum atomic E-state index is 12.6. The summed E-state index contributed by atoms with van der Waals surface area (Å²) >= 11 is 7.02. The molecule has 3 aromatic rings. The molecule has 276 valence electrons. The Morgan fingerprint density at radius 2 is 1.41 bits per heavy atom.